The summed E-state index contributed by atoms with van der Waals surface area (Å²) in [5, 5.41) is 24.2. The van der Waals surface area contributed by atoms with Gasteiger partial charge in [0, 0.05) is 55.1 Å². The standard InChI is InChI=1S/C38H46ClN7O5S/c1-23(19-27(38(50)51)34(47)35(48)29(40)20-26-11-5-4-6-12-26)9-8-14-45-15-17-46(18-16-45)32-21-31(42-25(3)43-32)44-36(49)37-41-22-30(52-37)33-24(2)10-7-13-28(33)39/h4-7,10-13,21-23,27,29,35,48H,8-9,14-20,40H2,1-3H3,(H,50,51)(H,42,43,44,49)/t23?,27?,29-,35+/m1/s1. The van der Waals surface area contributed by atoms with Crippen molar-refractivity contribution in [3.05, 3.63) is 87.8 Å². The predicted molar refractivity (Wildman–Crippen MR) is 204 cm³/mol. The van der Waals surface area contributed by atoms with Gasteiger partial charge in [-0.25, -0.2) is 15.0 Å². The summed E-state index contributed by atoms with van der Waals surface area (Å²) < 4.78 is 0. The number of aliphatic carboxylic acids is 1. The van der Waals surface area contributed by atoms with Crippen molar-refractivity contribution in [2.75, 3.05) is 42.9 Å². The van der Waals surface area contributed by atoms with E-state index < -0.39 is 29.8 Å². The number of ketones is 1. The molecule has 1 fully saturated rings. The Kier molecular flexibility index (Phi) is 13.5. The van der Waals surface area contributed by atoms with Gasteiger partial charge < -0.3 is 26.2 Å². The average molecular weight is 748 g/mol. The Balaban J connectivity index is 1.07. The van der Waals surface area contributed by atoms with Gasteiger partial charge in [0.1, 0.15) is 29.5 Å². The van der Waals surface area contributed by atoms with Gasteiger partial charge in [0.2, 0.25) is 0 Å². The molecule has 4 aromatic rings. The van der Waals surface area contributed by atoms with Crippen LogP contribution in [0, 0.1) is 25.7 Å². The minimum absolute atomic E-state index is 0.0299. The lowest BCUT2D eigenvalue weighted by atomic mass is 9.85. The van der Waals surface area contributed by atoms with Gasteiger partial charge >= 0.3 is 5.97 Å². The second kappa shape index (κ2) is 18.0. The summed E-state index contributed by atoms with van der Waals surface area (Å²) in [5.74, 6) is -1.98. The molecule has 2 unspecified atom stereocenters. The van der Waals surface area contributed by atoms with Gasteiger partial charge in [-0.2, -0.15) is 0 Å². The number of Topliss-reactive ketones (excluding diaryl/α,β-unsaturated/α-hetero) is 1. The number of aliphatic hydroxyl groups is 1. The molecular formula is C38H46ClN7O5S. The van der Waals surface area contributed by atoms with Crippen LogP contribution in [0.3, 0.4) is 0 Å². The number of thiazole rings is 1. The number of hydrogen-bond donors (Lipinski definition) is 4. The van der Waals surface area contributed by atoms with E-state index in [-0.39, 0.29) is 24.7 Å². The van der Waals surface area contributed by atoms with Crippen LogP contribution >= 0.6 is 22.9 Å². The minimum Gasteiger partial charge on any atom is -0.481 e. The van der Waals surface area contributed by atoms with E-state index in [1.807, 2.05) is 62.4 Å². The summed E-state index contributed by atoms with van der Waals surface area (Å²) in [4.78, 5) is 56.9. The number of aryl methyl sites for hydroxylation is 2. The van der Waals surface area contributed by atoms with Crippen LogP contribution in [0.4, 0.5) is 11.6 Å². The first-order valence-corrected chi connectivity index (χ1v) is 18.7. The first kappa shape index (κ1) is 38.9. The predicted octanol–water partition coefficient (Wildman–Crippen LogP) is 5.25. The number of rotatable bonds is 16. The number of carbonyl (C=O) groups excluding carboxylic acids is 2. The van der Waals surface area contributed by atoms with Gasteiger partial charge in [-0.3, -0.25) is 19.3 Å². The Morgan fingerprint density at radius 2 is 1.77 bits per heavy atom. The molecule has 14 heteroatoms. The Labute approximate surface area is 313 Å². The second-order valence-electron chi connectivity index (χ2n) is 13.5. The Morgan fingerprint density at radius 3 is 2.46 bits per heavy atom. The van der Waals surface area contributed by atoms with Crippen LogP contribution in [0.1, 0.15) is 52.9 Å². The summed E-state index contributed by atoms with van der Waals surface area (Å²) in [6.07, 6.45) is 2.12. The summed E-state index contributed by atoms with van der Waals surface area (Å²) in [6.45, 7) is 9.64. The Hall–Kier alpha value is -4.27. The highest BCUT2D eigenvalue weighted by atomic mass is 35.5. The first-order chi connectivity index (χ1) is 24.9. The molecule has 0 aliphatic carbocycles. The molecule has 0 radical (unpaired) electrons. The quantitative estimate of drug-likeness (QED) is 0.110. The van der Waals surface area contributed by atoms with Crippen LogP contribution in [-0.4, -0.2) is 92.6 Å². The zero-order valence-electron chi connectivity index (χ0n) is 29.7. The maximum absolute atomic E-state index is 13.1. The van der Waals surface area contributed by atoms with Crippen molar-refractivity contribution < 1.29 is 24.6 Å². The smallest absolute Gasteiger partial charge is 0.314 e. The SMILES string of the molecule is Cc1nc(NC(=O)c2ncc(-c3c(C)cccc3Cl)s2)cc(N2CCN(CCCC(C)CC(C(=O)O)C(=O)[C@@H](O)[C@H](N)Cc3ccccc3)CC2)n1. The number of anilines is 2. The molecule has 2 aromatic carbocycles. The van der Waals surface area contributed by atoms with Gasteiger partial charge in [0.25, 0.3) is 5.91 Å². The molecule has 12 nitrogen and oxygen atoms in total. The molecule has 52 heavy (non-hydrogen) atoms. The number of carboxylic acids is 1. The molecule has 276 valence electrons. The van der Waals surface area contributed by atoms with E-state index in [1.165, 1.54) is 11.3 Å². The number of nitrogens with zero attached hydrogens (tertiary/aromatic N) is 5. The molecule has 5 rings (SSSR count). The van der Waals surface area contributed by atoms with Gasteiger partial charge in [0.15, 0.2) is 10.8 Å². The van der Waals surface area contributed by atoms with E-state index in [0.717, 1.165) is 73.0 Å². The maximum Gasteiger partial charge on any atom is 0.314 e. The number of carbonyl (C=O) groups is 3. The molecule has 1 aliphatic rings. The fraction of sp³-hybridized carbons (Fsp3) is 0.421. The molecule has 2 aromatic heterocycles. The molecule has 0 spiro atoms. The van der Waals surface area contributed by atoms with Gasteiger partial charge in [0.05, 0.1) is 4.88 Å². The van der Waals surface area contributed by atoms with E-state index in [2.05, 4.69) is 30.1 Å². The highest BCUT2D eigenvalue weighted by Gasteiger charge is 2.35. The van der Waals surface area contributed by atoms with Crippen molar-refractivity contribution in [2.45, 2.75) is 58.6 Å². The number of nitrogens with one attached hydrogen (secondary N) is 1. The van der Waals surface area contributed by atoms with Crippen LogP contribution < -0.4 is 16.0 Å². The van der Waals surface area contributed by atoms with Gasteiger partial charge in [-0.15, -0.1) is 11.3 Å². The molecule has 1 saturated heterocycles. The highest BCUT2D eigenvalue weighted by molar-refractivity contribution is 7.17. The Morgan fingerprint density at radius 1 is 1.04 bits per heavy atom. The van der Waals surface area contributed by atoms with Crippen molar-refractivity contribution in [2.24, 2.45) is 17.6 Å². The number of benzene rings is 2. The Bertz CT molecular complexity index is 1830. The monoisotopic (exact) mass is 747 g/mol. The number of nitrogens with two attached hydrogens (primary N) is 1. The van der Waals surface area contributed by atoms with Crippen molar-refractivity contribution in [3.63, 3.8) is 0 Å². The van der Waals surface area contributed by atoms with Crippen LogP contribution in [0.5, 0.6) is 0 Å². The molecule has 3 heterocycles. The van der Waals surface area contributed by atoms with Crippen molar-refractivity contribution in [1.82, 2.24) is 19.9 Å². The first-order valence-electron chi connectivity index (χ1n) is 17.5. The fourth-order valence-electron chi connectivity index (χ4n) is 6.52. The zero-order valence-corrected chi connectivity index (χ0v) is 31.2. The summed E-state index contributed by atoms with van der Waals surface area (Å²) in [7, 11) is 0. The molecule has 1 amide bonds. The number of aromatic nitrogens is 3. The summed E-state index contributed by atoms with van der Waals surface area (Å²) in [5.41, 5.74) is 8.85. The molecule has 0 saturated carbocycles. The summed E-state index contributed by atoms with van der Waals surface area (Å²) in [6, 6.07) is 15.8. The highest BCUT2D eigenvalue weighted by Crippen LogP contribution is 2.35. The van der Waals surface area contributed by atoms with E-state index in [4.69, 9.17) is 17.3 Å². The normalized spacial score (nSPS) is 15.8. The number of halogens is 1. The third-order valence-electron chi connectivity index (χ3n) is 9.39. The van der Waals surface area contributed by atoms with E-state index >= 15 is 0 Å². The van der Waals surface area contributed by atoms with Crippen molar-refractivity contribution >= 4 is 52.2 Å². The van der Waals surface area contributed by atoms with Gasteiger partial charge in [-0.05, 0) is 69.2 Å². The van der Waals surface area contributed by atoms with Crippen LogP contribution in [-0.2, 0) is 16.0 Å². The minimum atomic E-state index is -1.55. The van der Waals surface area contributed by atoms with Crippen LogP contribution in [0.25, 0.3) is 10.4 Å². The molecule has 4 atom stereocenters. The lowest BCUT2D eigenvalue weighted by Crippen LogP contribution is -2.47. The van der Waals surface area contributed by atoms with E-state index in [0.29, 0.717) is 21.7 Å². The number of carboxylic acid groups (broad SMARTS) is 1. The van der Waals surface area contributed by atoms with Crippen molar-refractivity contribution in [3.8, 4) is 10.4 Å². The van der Waals surface area contributed by atoms with E-state index in [9.17, 15) is 24.6 Å². The molecule has 5 N–H and O–H groups in total. The van der Waals surface area contributed by atoms with Gasteiger partial charge in [-0.1, -0.05) is 61.0 Å². The molecule has 1 aliphatic heterocycles. The number of amides is 1. The molecule has 0 bridgehead atoms. The molecular weight excluding hydrogens is 702 g/mol. The van der Waals surface area contributed by atoms with Crippen LogP contribution in [0.15, 0.2) is 60.8 Å². The average Bonchev–Trinajstić information content (AvgIpc) is 3.60. The lowest BCUT2D eigenvalue weighted by molar-refractivity contribution is -0.150. The third-order valence-corrected chi connectivity index (χ3v) is 10.7. The number of hydrogen-bond acceptors (Lipinski definition) is 11. The third kappa shape index (κ3) is 10.2. The zero-order chi connectivity index (χ0) is 37.4. The van der Waals surface area contributed by atoms with Crippen LogP contribution in [0.2, 0.25) is 5.02 Å². The number of aliphatic hydroxyl groups excluding tert-OH is 1. The largest absolute Gasteiger partial charge is 0.481 e. The van der Waals surface area contributed by atoms with E-state index in [1.54, 1.807) is 19.2 Å². The number of piperazine rings is 1. The summed E-state index contributed by atoms with van der Waals surface area (Å²) >= 11 is 7.69. The van der Waals surface area contributed by atoms with Crippen molar-refractivity contribution in [1.29, 1.82) is 0 Å². The second-order valence-corrected chi connectivity index (χ2v) is 14.9. The maximum atomic E-state index is 13.1. The lowest BCUT2D eigenvalue weighted by Gasteiger charge is -2.35. The topological polar surface area (TPSA) is 175 Å². The fourth-order valence-corrected chi connectivity index (χ4v) is 7.84.